The summed E-state index contributed by atoms with van der Waals surface area (Å²) in [5, 5.41) is 7.39. The van der Waals surface area contributed by atoms with Gasteiger partial charge in [0, 0.05) is 22.9 Å². The lowest BCUT2D eigenvalue weighted by Gasteiger charge is -2.27. The first-order valence-corrected chi connectivity index (χ1v) is 9.62. The molecule has 4 aromatic rings. The molecule has 0 bridgehead atoms. The maximum absolute atomic E-state index is 13.4. The Bertz CT molecular complexity index is 1220. The van der Waals surface area contributed by atoms with E-state index in [0.29, 0.717) is 23.1 Å². The summed E-state index contributed by atoms with van der Waals surface area (Å²) in [4.78, 5) is 21.9. The number of hydrogen-bond acceptors (Lipinski definition) is 5. The summed E-state index contributed by atoms with van der Waals surface area (Å²) in [5.41, 5.74) is 3.49. The van der Waals surface area contributed by atoms with Gasteiger partial charge in [-0.25, -0.2) is 14.6 Å². The van der Waals surface area contributed by atoms with Gasteiger partial charge in [-0.15, -0.1) is 0 Å². The van der Waals surface area contributed by atoms with Gasteiger partial charge in [0.05, 0.1) is 11.6 Å². The highest BCUT2D eigenvalue weighted by Gasteiger charge is 2.32. The van der Waals surface area contributed by atoms with Gasteiger partial charge >= 0.3 is 0 Å². The van der Waals surface area contributed by atoms with Crippen LogP contribution in [0.5, 0.6) is 11.5 Å². The Kier molecular flexibility index (Phi) is 4.28. The number of anilines is 1. The van der Waals surface area contributed by atoms with Crippen LogP contribution in [0.1, 0.15) is 28.4 Å². The molecular formula is C23H19N5O2. The molecule has 30 heavy (non-hydrogen) atoms. The third-order valence-electron chi connectivity index (χ3n) is 5.07. The molecule has 148 valence electrons. The second-order valence-corrected chi connectivity index (χ2v) is 7.20. The minimum absolute atomic E-state index is 0.184. The number of ether oxygens (including phenoxy) is 1. The first-order valence-electron chi connectivity index (χ1n) is 9.62. The van der Waals surface area contributed by atoms with E-state index < -0.39 is 5.92 Å². The van der Waals surface area contributed by atoms with Crippen molar-refractivity contribution in [3.8, 4) is 17.3 Å². The Morgan fingerprint density at radius 3 is 2.27 bits per heavy atom. The van der Waals surface area contributed by atoms with Gasteiger partial charge in [-0.05, 0) is 32.0 Å². The van der Waals surface area contributed by atoms with Crippen LogP contribution in [0.4, 0.5) is 5.82 Å². The third-order valence-corrected chi connectivity index (χ3v) is 5.07. The summed E-state index contributed by atoms with van der Waals surface area (Å²) >= 11 is 0. The largest absolute Gasteiger partial charge is 0.457 e. The Morgan fingerprint density at radius 1 is 0.967 bits per heavy atom. The normalized spacial score (nSPS) is 12.6. The van der Waals surface area contributed by atoms with Gasteiger partial charge in [0.15, 0.2) is 5.82 Å². The summed E-state index contributed by atoms with van der Waals surface area (Å²) in [6.07, 6.45) is 1.42. The fourth-order valence-electron chi connectivity index (χ4n) is 3.78. The Hall–Kier alpha value is -4.00. The molecule has 0 radical (unpaired) electrons. The number of para-hydroxylation sites is 2. The molecule has 1 aliphatic rings. The maximum Gasteiger partial charge on any atom is 0.237 e. The minimum atomic E-state index is -0.502. The Labute approximate surface area is 173 Å². The molecule has 0 saturated heterocycles. The van der Waals surface area contributed by atoms with E-state index in [9.17, 15) is 4.79 Å². The van der Waals surface area contributed by atoms with Crippen molar-refractivity contribution >= 4 is 11.7 Å². The molecular weight excluding hydrogens is 378 g/mol. The minimum Gasteiger partial charge on any atom is -0.457 e. The molecule has 7 nitrogen and oxygen atoms in total. The summed E-state index contributed by atoms with van der Waals surface area (Å²) in [5.74, 6) is 1.69. The van der Waals surface area contributed by atoms with Crippen molar-refractivity contribution in [2.75, 3.05) is 5.32 Å². The predicted molar refractivity (Wildman–Crippen MR) is 112 cm³/mol. The molecule has 0 atom stereocenters. The van der Waals surface area contributed by atoms with E-state index in [4.69, 9.17) is 4.74 Å². The van der Waals surface area contributed by atoms with Crippen LogP contribution in [0.25, 0.3) is 5.82 Å². The first kappa shape index (κ1) is 18.1. The number of benzene rings is 2. The van der Waals surface area contributed by atoms with E-state index >= 15 is 0 Å². The number of aromatic nitrogens is 4. The van der Waals surface area contributed by atoms with Crippen molar-refractivity contribution in [2.24, 2.45) is 0 Å². The molecule has 1 N–H and O–H groups in total. The summed E-state index contributed by atoms with van der Waals surface area (Å²) in [7, 11) is 0. The molecule has 0 aliphatic carbocycles. The van der Waals surface area contributed by atoms with Gasteiger partial charge in [0.1, 0.15) is 23.6 Å². The molecule has 0 unspecified atom stereocenters. The predicted octanol–water partition coefficient (Wildman–Crippen LogP) is 4.16. The highest BCUT2D eigenvalue weighted by Crippen LogP contribution is 2.44. The number of amides is 1. The number of aryl methyl sites for hydroxylation is 2. The molecule has 0 spiro atoms. The molecule has 0 fully saturated rings. The number of carbonyl (C=O) groups is 1. The zero-order chi connectivity index (χ0) is 20.7. The van der Waals surface area contributed by atoms with Gasteiger partial charge in [-0.1, -0.05) is 36.4 Å². The molecule has 7 heteroatoms. The van der Waals surface area contributed by atoms with Crippen LogP contribution >= 0.6 is 0 Å². The van der Waals surface area contributed by atoms with E-state index in [2.05, 4.69) is 20.4 Å². The number of hydrogen-bond donors (Lipinski definition) is 1. The monoisotopic (exact) mass is 397 g/mol. The lowest BCUT2D eigenvalue weighted by atomic mass is 9.87. The fourth-order valence-corrected chi connectivity index (χ4v) is 3.78. The lowest BCUT2D eigenvalue weighted by molar-refractivity contribution is -0.116. The number of fused-ring (bicyclic) bond motifs is 2. The van der Waals surface area contributed by atoms with Crippen LogP contribution in [-0.4, -0.2) is 25.7 Å². The van der Waals surface area contributed by atoms with Crippen LogP contribution in [-0.2, 0) is 4.79 Å². The molecule has 1 amide bonds. The van der Waals surface area contributed by atoms with Crippen molar-refractivity contribution in [1.82, 2.24) is 19.7 Å². The second kappa shape index (κ2) is 7.11. The Balaban J connectivity index is 1.50. The number of nitrogens with one attached hydrogen (secondary N) is 1. The zero-order valence-electron chi connectivity index (χ0n) is 16.5. The van der Waals surface area contributed by atoms with Crippen molar-refractivity contribution < 1.29 is 9.53 Å². The molecule has 5 rings (SSSR count). The smallest absolute Gasteiger partial charge is 0.237 e. The molecule has 3 heterocycles. The quantitative estimate of drug-likeness (QED) is 0.561. The van der Waals surface area contributed by atoms with Crippen LogP contribution in [0.3, 0.4) is 0 Å². The summed E-state index contributed by atoms with van der Waals surface area (Å²) in [6.45, 7) is 3.88. The van der Waals surface area contributed by atoms with E-state index in [1.807, 2.05) is 68.4 Å². The summed E-state index contributed by atoms with van der Waals surface area (Å²) in [6, 6.07) is 18.9. The van der Waals surface area contributed by atoms with E-state index in [1.165, 1.54) is 6.33 Å². The SMILES string of the molecule is Cc1cc(C)n(-c2cc(NC(=O)C3c4ccccc4Oc4ccccc43)ncn2)n1. The molecule has 2 aromatic heterocycles. The molecule has 2 aromatic carbocycles. The number of carbonyl (C=O) groups excluding carboxylic acids is 1. The third kappa shape index (κ3) is 3.10. The van der Waals surface area contributed by atoms with Crippen molar-refractivity contribution in [1.29, 1.82) is 0 Å². The fraction of sp³-hybridized carbons (Fsp3) is 0.130. The van der Waals surface area contributed by atoms with Crippen LogP contribution in [0.2, 0.25) is 0 Å². The van der Waals surface area contributed by atoms with Crippen molar-refractivity contribution in [2.45, 2.75) is 19.8 Å². The van der Waals surface area contributed by atoms with Crippen LogP contribution in [0.15, 0.2) is 67.0 Å². The van der Waals surface area contributed by atoms with Crippen LogP contribution in [0, 0.1) is 13.8 Å². The van der Waals surface area contributed by atoms with Gasteiger partial charge in [-0.2, -0.15) is 5.10 Å². The number of nitrogens with zero attached hydrogens (tertiary/aromatic N) is 4. The van der Waals surface area contributed by atoms with Crippen molar-refractivity contribution in [3.63, 3.8) is 0 Å². The topological polar surface area (TPSA) is 81.9 Å². The average Bonchev–Trinajstić information content (AvgIpc) is 3.10. The van der Waals surface area contributed by atoms with E-state index in [0.717, 1.165) is 22.5 Å². The van der Waals surface area contributed by atoms with Gasteiger partial charge in [-0.3, -0.25) is 4.79 Å². The Morgan fingerprint density at radius 2 is 1.63 bits per heavy atom. The number of rotatable bonds is 3. The highest BCUT2D eigenvalue weighted by atomic mass is 16.5. The lowest BCUT2D eigenvalue weighted by Crippen LogP contribution is -2.25. The van der Waals surface area contributed by atoms with Gasteiger partial charge in [0.25, 0.3) is 0 Å². The van der Waals surface area contributed by atoms with Gasteiger partial charge in [0.2, 0.25) is 5.91 Å². The van der Waals surface area contributed by atoms with Crippen molar-refractivity contribution in [3.05, 3.63) is 89.5 Å². The first-order chi connectivity index (χ1) is 14.6. The van der Waals surface area contributed by atoms with E-state index in [-0.39, 0.29) is 5.91 Å². The summed E-state index contributed by atoms with van der Waals surface area (Å²) < 4.78 is 7.71. The average molecular weight is 397 g/mol. The standard InChI is InChI=1S/C23H19N5O2/c1-14-11-15(2)28(27-14)21-12-20(24-13-25-21)26-23(29)22-16-7-3-5-9-18(16)30-19-10-6-4-8-17(19)22/h3-13,22H,1-2H3,(H,24,25,26,29). The molecule has 1 aliphatic heterocycles. The second-order valence-electron chi connectivity index (χ2n) is 7.20. The van der Waals surface area contributed by atoms with Gasteiger partial charge < -0.3 is 10.1 Å². The highest BCUT2D eigenvalue weighted by molar-refractivity contribution is 5.99. The molecule has 0 saturated carbocycles. The zero-order valence-corrected chi connectivity index (χ0v) is 16.5. The van der Waals surface area contributed by atoms with E-state index in [1.54, 1.807) is 10.7 Å². The van der Waals surface area contributed by atoms with Crippen LogP contribution < -0.4 is 10.1 Å². The maximum atomic E-state index is 13.4.